The standard InChI is InChI=1S/C50H88NO7P/c1-6-8-10-12-14-16-18-20-22-24-26-27-29-31-33-35-37-39-41-43-50(52)58-49(48-57-59(53,54)56-46-44-51(3,4)5)47-55-45-42-40-38-36-34-32-30-28-25-23-21-19-17-15-13-11-9-7-2/h8,10,14-17,20-23,26-27,31,33,49H,6-7,9,11-13,18-19,24-25,28-30,32,34-48H2,1-5H3/p+1/b10-8-,16-14-,17-15-,22-20-,23-21-,27-26-,33-31-. The molecule has 9 heteroatoms. The van der Waals surface area contributed by atoms with Crippen LogP contribution >= 0.6 is 7.82 Å². The van der Waals surface area contributed by atoms with E-state index in [2.05, 4.69) is 98.9 Å². The van der Waals surface area contributed by atoms with Gasteiger partial charge in [0.1, 0.15) is 19.3 Å². The third-order valence-corrected chi connectivity index (χ3v) is 10.4. The molecule has 0 heterocycles. The van der Waals surface area contributed by atoms with Crippen LogP contribution in [-0.4, -0.2) is 75.6 Å². The number of allylic oxidation sites excluding steroid dienone is 14. The second-order valence-electron chi connectivity index (χ2n) is 16.4. The maximum Gasteiger partial charge on any atom is 0.472 e. The average Bonchev–Trinajstić information content (AvgIpc) is 3.19. The Labute approximate surface area is 363 Å². The molecule has 0 spiro atoms. The predicted octanol–water partition coefficient (Wildman–Crippen LogP) is 14.1. The minimum absolute atomic E-state index is 0.0760. The van der Waals surface area contributed by atoms with E-state index in [9.17, 15) is 14.3 Å². The highest BCUT2D eigenvalue weighted by atomic mass is 31.2. The van der Waals surface area contributed by atoms with E-state index in [1.165, 1.54) is 70.6 Å². The molecule has 0 aromatic rings. The Balaban J connectivity index is 4.30. The second-order valence-corrected chi connectivity index (χ2v) is 17.9. The van der Waals surface area contributed by atoms with Crippen molar-refractivity contribution in [3.05, 3.63) is 85.1 Å². The summed E-state index contributed by atoms with van der Waals surface area (Å²) in [7, 11) is 1.63. The van der Waals surface area contributed by atoms with Crippen LogP contribution < -0.4 is 0 Å². The van der Waals surface area contributed by atoms with Gasteiger partial charge in [0.2, 0.25) is 0 Å². The maximum absolute atomic E-state index is 12.7. The van der Waals surface area contributed by atoms with Crippen LogP contribution in [0.15, 0.2) is 85.1 Å². The number of quaternary nitrogens is 1. The molecule has 0 aliphatic rings. The van der Waals surface area contributed by atoms with Crippen LogP contribution in [-0.2, 0) is 27.9 Å². The van der Waals surface area contributed by atoms with Crippen LogP contribution in [0.4, 0.5) is 0 Å². The summed E-state index contributed by atoms with van der Waals surface area (Å²) in [6.45, 7) is 5.41. The summed E-state index contributed by atoms with van der Waals surface area (Å²) in [5.41, 5.74) is 0. The number of carbonyl (C=O) groups is 1. The Bertz CT molecular complexity index is 1210. The summed E-state index contributed by atoms with van der Waals surface area (Å²) in [5, 5.41) is 0. The molecular formula is C50H89NO7P+. The van der Waals surface area contributed by atoms with Gasteiger partial charge in [-0.05, 0) is 89.9 Å². The zero-order chi connectivity index (χ0) is 43.4. The van der Waals surface area contributed by atoms with Crippen LogP contribution in [0.1, 0.15) is 168 Å². The van der Waals surface area contributed by atoms with E-state index in [0.29, 0.717) is 17.6 Å². The van der Waals surface area contributed by atoms with Crippen molar-refractivity contribution in [1.29, 1.82) is 0 Å². The lowest BCUT2D eigenvalue weighted by Crippen LogP contribution is -2.37. The van der Waals surface area contributed by atoms with Crippen molar-refractivity contribution in [2.45, 2.75) is 174 Å². The number of nitrogens with zero attached hydrogens (tertiary/aromatic N) is 1. The first kappa shape index (κ1) is 56.7. The van der Waals surface area contributed by atoms with Gasteiger partial charge < -0.3 is 18.9 Å². The molecule has 0 aromatic heterocycles. The van der Waals surface area contributed by atoms with Gasteiger partial charge in [0.05, 0.1) is 34.4 Å². The van der Waals surface area contributed by atoms with Gasteiger partial charge in [0.25, 0.3) is 0 Å². The predicted molar refractivity (Wildman–Crippen MR) is 251 cm³/mol. The third-order valence-electron chi connectivity index (χ3n) is 9.44. The molecule has 0 bridgehead atoms. The molecule has 0 radical (unpaired) electrons. The molecule has 340 valence electrons. The molecule has 0 fully saturated rings. The second kappa shape index (κ2) is 42.4. The first-order valence-corrected chi connectivity index (χ1v) is 24.8. The number of esters is 1. The number of phosphoric ester groups is 1. The first-order chi connectivity index (χ1) is 28.6. The largest absolute Gasteiger partial charge is 0.472 e. The fourth-order valence-corrected chi connectivity index (χ4v) is 6.58. The molecular weight excluding hydrogens is 758 g/mol. The maximum atomic E-state index is 12.7. The van der Waals surface area contributed by atoms with Crippen molar-refractivity contribution in [2.24, 2.45) is 0 Å². The molecule has 0 aromatic carbocycles. The topological polar surface area (TPSA) is 91.3 Å². The summed E-state index contributed by atoms with van der Waals surface area (Å²) in [6.07, 6.45) is 56.2. The minimum Gasteiger partial charge on any atom is -0.457 e. The van der Waals surface area contributed by atoms with Crippen LogP contribution in [0.5, 0.6) is 0 Å². The number of unbranched alkanes of at least 4 members (excludes halogenated alkanes) is 14. The fraction of sp³-hybridized carbons (Fsp3) is 0.700. The van der Waals surface area contributed by atoms with Gasteiger partial charge in [-0.15, -0.1) is 0 Å². The fourth-order valence-electron chi connectivity index (χ4n) is 5.84. The van der Waals surface area contributed by atoms with Gasteiger partial charge in [-0.1, -0.05) is 157 Å². The smallest absolute Gasteiger partial charge is 0.457 e. The number of hydrogen-bond donors (Lipinski definition) is 1. The normalized spacial score (nSPS) is 14.5. The Morgan fingerprint density at radius 2 is 0.983 bits per heavy atom. The van der Waals surface area contributed by atoms with Crippen molar-refractivity contribution in [1.82, 2.24) is 0 Å². The lowest BCUT2D eigenvalue weighted by molar-refractivity contribution is -0.870. The van der Waals surface area contributed by atoms with Gasteiger partial charge >= 0.3 is 13.8 Å². The summed E-state index contributed by atoms with van der Waals surface area (Å²) in [4.78, 5) is 22.9. The summed E-state index contributed by atoms with van der Waals surface area (Å²) < 4.78 is 35.0. The number of ether oxygens (including phenoxy) is 2. The molecule has 1 N–H and O–H groups in total. The van der Waals surface area contributed by atoms with E-state index in [1.54, 1.807) is 0 Å². The molecule has 0 rings (SSSR count). The highest BCUT2D eigenvalue weighted by Crippen LogP contribution is 2.43. The number of likely N-dealkylation sites (N-methyl/N-ethyl adjacent to an activating group) is 1. The van der Waals surface area contributed by atoms with Gasteiger partial charge in [0, 0.05) is 13.0 Å². The van der Waals surface area contributed by atoms with E-state index >= 15 is 0 Å². The number of hydrogen-bond acceptors (Lipinski definition) is 6. The van der Waals surface area contributed by atoms with E-state index in [1.807, 2.05) is 21.1 Å². The zero-order valence-electron chi connectivity index (χ0n) is 38.5. The monoisotopic (exact) mass is 847 g/mol. The van der Waals surface area contributed by atoms with Crippen LogP contribution in [0.25, 0.3) is 0 Å². The lowest BCUT2D eigenvalue weighted by atomic mass is 10.1. The minimum atomic E-state index is -4.29. The van der Waals surface area contributed by atoms with Crippen LogP contribution in [0.3, 0.4) is 0 Å². The van der Waals surface area contributed by atoms with E-state index in [-0.39, 0.29) is 32.2 Å². The molecule has 0 saturated heterocycles. The average molecular weight is 847 g/mol. The van der Waals surface area contributed by atoms with Crippen LogP contribution in [0.2, 0.25) is 0 Å². The third kappa shape index (κ3) is 46.6. The number of phosphoric acid groups is 1. The SMILES string of the molecule is CC/C=C\C/C=C\C/C=C\C/C=C\C/C=C\CCCCCC(=O)OC(COCCCCCCCCCC/C=C\C/C=C\CCCCC)COP(=O)(O)OCC[N+](C)(C)C. The van der Waals surface area contributed by atoms with Gasteiger partial charge in [-0.3, -0.25) is 13.8 Å². The Morgan fingerprint density at radius 1 is 0.542 bits per heavy atom. The molecule has 2 atom stereocenters. The van der Waals surface area contributed by atoms with Crippen molar-refractivity contribution in [3.63, 3.8) is 0 Å². The van der Waals surface area contributed by atoms with Gasteiger partial charge in [0.15, 0.2) is 0 Å². The quantitative estimate of drug-likeness (QED) is 0.0215. The Morgan fingerprint density at radius 3 is 1.47 bits per heavy atom. The number of rotatable bonds is 42. The summed E-state index contributed by atoms with van der Waals surface area (Å²) in [6, 6.07) is 0. The van der Waals surface area contributed by atoms with Crippen molar-refractivity contribution < 1.29 is 37.3 Å². The highest BCUT2D eigenvalue weighted by Gasteiger charge is 2.26. The Kier molecular flexibility index (Phi) is 40.7. The van der Waals surface area contributed by atoms with E-state index in [0.717, 1.165) is 77.0 Å². The van der Waals surface area contributed by atoms with Crippen LogP contribution in [0, 0.1) is 0 Å². The molecule has 2 unspecified atom stereocenters. The van der Waals surface area contributed by atoms with E-state index < -0.39 is 13.9 Å². The van der Waals surface area contributed by atoms with Crippen molar-refractivity contribution in [3.8, 4) is 0 Å². The van der Waals surface area contributed by atoms with Crippen molar-refractivity contribution in [2.75, 3.05) is 54.1 Å². The summed E-state index contributed by atoms with van der Waals surface area (Å²) in [5.74, 6) is -0.350. The first-order valence-electron chi connectivity index (χ1n) is 23.3. The Hall–Kier alpha value is -2.32. The zero-order valence-corrected chi connectivity index (χ0v) is 39.4. The number of carbonyl (C=O) groups excluding carboxylic acids is 1. The highest BCUT2D eigenvalue weighted by molar-refractivity contribution is 7.47. The summed E-state index contributed by atoms with van der Waals surface area (Å²) >= 11 is 0. The molecule has 8 nitrogen and oxygen atoms in total. The molecule has 0 aliphatic heterocycles. The van der Waals surface area contributed by atoms with E-state index in [4.69, 9.17) is 18.5 Å². The molecule has 0 aliphatic carbocycles. The van der Waals surface area contributed by atoms with Crippen molar-refractivity contribution >= 4 is 13.8 Å². The molecule has 0 saturated carbocycles. The molecule has 0 amide bonds. The van der Waals surface area contributed by atoms with Gasteiger partial charge in [-0.25, -0.2) is 4.57 Å². The molecule has 59 heavy (non-hydrogen) atoms. The van der Waals surface area contributed by atoms with Gasteiger partial charge in [-0.2, -0.15) is 0 Å². The lowest BCUT2D eigenvalue weighted by Gasteiger charge is -2.24.